The Labute approximate surface area is 440 Å². The van der Waals surface area contributed by atoms with Crippen LogP contribution in [-0.4, -0.2) is 193 Å². The summed E-state index contributed by atoms with van der Waals surface area (Å²) in [5.74, 6) is -0.295. The van der Waals surface area contributed by atoms with Gasteiger partial charge in [0.1, 0.15) is 73.2 Å². The molecule has 17 unspecified atom stereocenters. The van der Waals surface area contributed by atoms with Crippen LogP contribution in [0.15, 0.2) is 48.6 Å². The van der Waals surface area contributed by atoms with E-state index in [9.17, 15) is 61.0 Å². The minimum atomic E-state index is -1.98. The van der Waals surface area contributed by atoms with Gasteiger partial charge in [-0.3, -0.25) is 4.79 Å². The zero-order valence-electron chi connectivity index (χ0n) is 44.3. The van der Waals surface area contributed by atoms with E-state index >= 15 is 0 Å². The fraction of sp³-hybridized carbons (Fsp3) is 0.836. The lowest BCUT2D eigenvalue weighted by Crippen LogP contribution is -2.66. The molecule has 17 atom stereocenters. The summed E-state index contributed by atoms with van der Waals surface area (Å²) >= 11 is 0. The molecule has 3 heterocycles. The van der Waals surface area contributed by atoms with Crippen LogP contribution in [0.5, 0.6) is 0 Å². The molecule has 3 aliphatic rings. The highest BCUT2D eigenvalue weighted by Gasteiger charge is 2.53. The Balaban J connectivity index is 1.51. The first kappa shape index (κ1) is 66.0. The standard InChI is InChI=1S/C55H97NO18/c1-3-5-7-9-11-13-15-16-17-18-19-20-21-22-23-25-27-29-31-33-43(61)56-38(39(60)32-30-28-26-24-14-12-10-8-6-4-2)37-69-53-49(67)46(64)51(41(35-58)71-53)74-55-50(68)47(65)52(42(36-59)72-55)73-54-48(66)45(63)44(62)40(34-57)70-54/h11,13-14,16-17,24,30,32,38-42,44-55,57-60,62-68H,3-10,12,15,18-23,25-29,31,33-37H2,1-2H3,(H,56,61)/b13-11-,17-16-,24-14+,32-30+. The van der Waals surface area contributed by atoms with Crippen molar-refractivity contribution in [1.82, 2.24) is 5.32 Å². The van der Waals surface area contributed by atoms with Crippen LogP contribution in [0.1, 0.15) is 162 Å². The van der Waals surface area contributed by atoms with Crippen molar-refractivity contribution in [2.45, 2.75) is 266 Å². The van der Waals surface area contributed by atoms with E-state index in [4.69, 9.17) is 28.4 Å². The number of carbonyl (C=O) groups is 1. The molecule has 3 fully saturated rings. The molecule has 0 saturated carbocycles. The third kappa shape index (κ3) is 23.8. The molecule has 19 nitrogen and oxygen atoms in total. The molecule has 0 spiro atoms. The Morgan fingerprint density at radius 3 is 1.46 bits per heavy atom. The largest absolute Gasteiger partial charge is 0.394 e. The molecule has 430 valence electrons. The summed E-state index contributed by atoms with van der Waals surface area (Å²) in [6, 6.07) is -0.990. The topological polar surface area (TPSA) is 307 Å². The van der Waals surface area contributed by atoms with Gasteiger partial charge in [-0.1, -0.05) is 140 Å². The normalized spacial score (nSPS) is 31.8. The molecular formula is C55H97NO18. The van der Waals surface area contributed by atoms with Crippen LogP contribution in [0.3, 0.4) is 0 Å². The molecule has 74 heavy (non-hydrogen) atoms. The number of carbonyl (C=O) groups excluding carboxylic acids is 1. The first-order valence-corrected chi connectivity index (χ1v) is 27.9. The number of hydrogen-bond donors (Lipinski definition) is 12. The molecule has 0 bridgehead atoms. The number of ether oxygens (including phenoxy) is 6. The van der Waals surface area contributed by atoms with Crippen LogP contribution in [0, 0.1) is 0 Å². The molecule has 3 saturated heterocycles. The fourth-order valence-electron chi connectivity index (χ4n) is 9.18. The van der Waals surface area contributed by atoms with Gasteiger partial charge in [-0.05, 0) is 64.2 Å². The molecule has 0 aromatic carbocycles. The SMILES string of the molecule is CCCCC/C=C\C/C=C\CCCCCCCCCCCC(=O)NC(COC1OC(CO)C(OC2OC(CO)C(OC3OC(CO)C(O)C(O)C3O)C(O)C2O)C(O)C1O)C(O)/C=C/CC/C=C/CCCCCC. The fourth-order valence-corrected chi connectivity index (χ4v) is 9.18. The number of aliphatic hydroxyl groups excluding tert-OH is 11. The maximum absolute atomic E-state index is 13.3. The third-order valence-electron chi connectivity index (χ3n) is 13.8. The highest BCUT2D eigenvalue weighted by molar-refractivity contribution is 5.76. The molecule has 0 radical (unpaired) electrons. The quantitative estimate of drug-likeness (QED) is 0.0310. The number of aliphatic hydroxyl groups is 11. The second kappa shape index (κ2) is 39.2. The number of rotatable bonds is 39. The van der Waals surface area contributed by atoms with Gasteiger partial charge in [0.2, 0.25) is 5.91 Å². The van der Waals surface area contributed by atoms with Crippen molar-refractivity contribution < 1.29 is 89.4 Å². The predicted molar refractivity (Wildman–Crippen MR) is 277 cm³/mol. The Morgan fingerprint density at radius 2 is 0.905 bits per heavy atom. The predicted octanol–water partition coefficient (Wildman–Crippen LogP) is 3.53. The van der Waals surface area contributed by atoms with E-state index in [0.717, 1.165) is 57.8 Å². The van der Waals surface area contributed by atoms with Gasteiger partial charge in [-0.25, -0.2) is 0 Å². The van der Waals surface area contributed by atoms with Gasteiger partial charge in [0, 0.05) is 6.42 Å². The number of nitrogens with one attached hydrogen (secondary N) is 1. The van der Waals surface area contributed by atoms with Crippen LogP contribution >= 0.6 is 0 Å². The van der Waals surface area contributed by atoms with Gasteiger partial charge in [0.05, 0.1) is 38.6 Å². The Hall–Kier alpha value is -2.25. The Bertz CT molecular complexity index is 1550. The molecule has 0 aromatic rings. The molecule has 19 heteroatoms. The molecule has 3 rings (SSSR count). The van der Waals surface area contributed by atoms with Crippen molar-refractivity contribution in [1.29, 1.82) is 0 Å². The smallest absolute Gasteiger partial charge is 0.220 e. The summed E-state index contributed by atoms with van der Waals surface area (Å²) in [5, 5.41) is 120. The monoisotopic (exact) mass is 1060 g/mol. The first-order chi connectivity index (χ1) is 35.8. The molecule has 0 aromatic heterocycles. The lowest BCUT2D eigenvalue weighted by Gasteiger charge is -2.48. The van der Waals surface area contributed by atoms with Crippen molar-refractivity contribution in [3.8, 4) is 0 Å². The molecular weight excluding hydrogens is 963 g/mol. The van der Waals surface area contributed by atoms with E-state index in [1.54, 1.807) is 6.08 Å². The van der Waals surface area contributed by atoms with E-state index in [-0.39, 0.29) is 18.9 Å². The van der Waals surface area contributed by atoms with Gasteiger partial charge < -0.3 is 89.9 Å². The average Bonchev–Trinajstić information content (AvgIpc) is 3.40. The summed E-state index contributed by atoms with van der Waals surface area (Å²) in [5.41, 5.74) is 0. The minimum absolute atomic E-state index is 0.229. The molecule has 0 aliphatic carbocycles. The van der Waals surface area contributed by atoms with E-state index < -0.39 is 124 Å². The van der Waals surface area contributed by atoms with Gasteiger partial charge >= 0.3 is 0 Å². The van der Waals surface area contributed by atoms with Crippen molar-refractivity contribution in [2.75, 3.05) is 26.4 Å². The van der Waals surface area contributed by atoms with Crippen LogP contribution in [-0.2, 0) is 33.2 Å². The summed E-state index contributed by atoms with van der Waals surface area (Å²) in [7, 11) is 0. The van der Waals surface area contributed by atoms with Crippen LogP contribution in [0.25, 0.3) is 0 Å². The maximum Gasteiger partial charge on any atom is 0.220 e. The molecule has 1 amide bonds. The number of allylic oxidation sites excluding steroid dienone is 7. The van der Waals surface area contributed by atoms with Crippen LogP contribution in [0.4, 0.5) is 0 Å². The lowest BCUT2D eigenvalue weighted by atomic mass is 9.96. The highest BCUT2D eigenvalue weighted by Crippen LogP contribution is 2.33. The second-order valence-corrected chi connectivity index (χ2v) is 20.0. The van der Waals surface area contributed by atoms with Crippen molar-refractivity contribution >= 4 is 5.91 Å². The highest BCUT2D eigenvalue weighted by atomic mass is 16.8. The summed E-state index contributed by atoms with van der Waals surface area (Å²) in [6.07, 6.45) is 14.0. The third-order valence-corrected chi connectivity index (χ3v) is 13.8. The van der Waals surface area contributed by atoms with Crippen LogP contribution < -0.4 is 5.32 Å². The zero-order valence-corrected chi connectivity index (χ0v) is 44.3. The summed E-state index contributed by atoms with van der Waals surface area (Å²) in [6.45, 7) is 1.60. The average molecular weight is 1060 g/mol. The molecule has 3 aliphatic heterocycles. The van der Waals surface area contributed by atoms with E-state index in [0.29, 0.717) is 12.8 Å². The second-order valence-electron chi connectivity index (χ2n) is 20.0. The Morgan fingerprint density at radius 1 is 0.486 bits per heavy atom. The van der Waals surface area contributed by atoms with Gasteiger partial charge in [-0.15, -0.1) is 0 Å². The number of amides is 1. The maximum atomic E-state index is 13.3. The first-order valence-electron chi connectivity index (χ1n) is 27.9. The van der Waals surface area contributed by atoms with Gasteiger partial charge in [-0.2, -0.15) is 0 Å². The van der Waals surface area contributed by atoms with Crippen molar-refractivity contribution in [3.63, 3.8) is 0 Å². The van der Waals surface area contributed by atoms with E-state index in [2.05, 4.69) is 55.6 Å². The van der Waals surface area contributed by atoms with Gasteiger partial charge in [0.25, 0.3) is 0 Å². The van der Waals surface area contributed by atoms with Crippen LogP contribution in [0.2, 0.25) is 0 Å². The number of hydrogen-bond acceptors (Lipinski definition) is 18. The molecule has 12 N–H and O–H groups in total. The minimum Gasteiger partial charge on any atom is -0.394 e. The number of unbranched alkanes of at least 4 members (excludes halogenated alkanes) is 17. The van der Waals surface area contributed by atoms with Crippen molar-refractivity contribution in [2.24, 2.45) is 0 Å². The van der Waals surface area contributed by atoms with E-state index in [1.807, 2.05) is 6.08 Å². The zero-order chi connectivity index (χ0) is 54.1. The summed E-state index contributed by atoms with van der Waals surface area (Å²) < 4.78 is 34.1. The Kier molecular flexibility index (Phi) is 34.9. The van der Waals surface area contributed by atoms with E-state index in [1.165, 1.54) is 70.6 Å². The van der Waals surface area contributed by atoms with Gasteiger partial charge in [0.15, 0.2) is 18.9 Å². The lowest BCUT2D eigenvalue weighted by molar-refractivity contribution is -0.379. The van der Waals surface area contributed by atoms with Crippen molar-refractivity contribution in [3.05, 3.63) is 48.6 Å². The summed E-state index contributed by atoms with van der Waals surface area (Å²) in [4.78, 5) is 13.3.